The van der Waals surface area contributed by atoms with Crippen LogP contribution in [0.4, 0.5) is 0 Å². The number of carbonyl (C=O) groups is 1. The zero-order valence-electron chi connectivity index (χ0n) is 8.07. The van der Waals surface area contributed by atoms with Gasteiger partial charge in [0.25, 0.3) is 0 Å². The Morgan fingerprint density at radius 3 is 2.36 bits per heavy atom. The number of aliphatic carboxylic acids is 1. The Bertz CT molecular complexity index is 342. The van der Waals surface area contributed by atoms with Gasteiger partial charge in [-0.2, -0.15) is 0 Å². The summed E-state index contributed by atoms with van der Waals surface area (Å²) in [5.41, 5.74) is 0.911. The van der Waals surface area contributed by atoms with Gasteiger partial charge in [0, 0.05) is 0 Å². The van der Waals surface area contributed by atoms with Crippen LogP contribution in [0.3, 0.4) is 0 Å². The summed E-state index contributed by atoms with van der Waals surface area (Å²) in [5, 5.41) is 10.3. The fraction of sp³-hybridized carbons (Fsp3) is 0. The van der Waals surface area contributed by atoms with Crippen LogP contribution < -0.4 is 34.7 Å². The fourth-order valence-corrected chi connectivity index (χ4v) is 0.829. The minimum Gasteiger partial charge on any atom is -0.545 e. The zero-order chi connectivity index (χ0) is 9.68. The molecule has 0 aliphatic heterocycles. The Kier molecular flexibility index (Phi) is 6.21. The monoisotopic (exact) mass is 196 g/mol. The van der Waals surface area contributed by atoms with Crippen molar-refractivity contribution < 1.29 is 39.5 Å². The van der Waals surface area contributed by atoms with Gasteiger partial charge >= 0.3 is 29.6 Å². The van der Waals surface area contributed by atoms with Crippen LogP contribution in [-0.2, 0) is 4.79 Å². The van der Waals surface area contributed by atoms with E-state index in [-0.39, 0.29) is 35.1 Å². The first kappa shape index (κ1) is 13.2. The first-order valence-corrected chi connectivity index (χ1v) is 3.83. The van der Waals surface area contributed by atoms with Crippen LogP contribution in [0.5, 0.6) is 0 Å². The number of carboxylic acids is 1. The molecule has 3 heteroatoms. The molecule has 0 aliphatic carbocycles. The van der Waals surface area contributed by atoms with Crippen LogP contribution in [0.2, 0.25) is 0 Å². The molecule has 1 aromatic rings. The molecule has 0 heterocycles. The summed E-state index contributed by atoms with van der Waals surface area (Å²) in [4.78, 5) is 10.3. The Morgan fingerprint density at radius 1 is 1.29 bits per heavy atom. The van der Waals surface area contributed by atoms with Crippen LogP contribution in [0, 0.1) is 0 Å². The maximum atomic E-state index is 10.3. The quantitative estimate of drug-likeness (QED) is 0.319. The molecule has 0 aromatic heterocycles. The van der Waals surface area contributed by atoms with Crippen LogP contribution in [-0.4, -0.2) is 5.97 Å². The second-order valence-corrected chi connectivity index (χ2v) is 2.56. The zero-order valence-corrected chi connectivity index (χ0v) is 10.1. The van der Waals surface area contributed by atoms with Crippen molar-refractivity contribution in [3.8, 4) is 0 Å². The molecular weight excluding hydrogens is 187 g/mol. The van der Waals surface area contributed by atoms with Crippen LogP contribution in [0.1, 0.15) is 5.56 Å². The van der Waals surface area contributed by atoms with E-state index >= 15 is 0 Å². The van der Waals surface area contributed by atoms with Gasteiger partial charge in [0.1, 0.15) is 0 Å². The maximum absolute atomic E-state index is 10.3. The summed E-state index contributed by atoms with van der Waals surface area (Å²) < 4.78 is 0. The molecule has 1 rings (SSSR count). The van der Waals surface area contributed by atoms with Gasteiger partial charge in [-0.1, -0.05) is 49.1 Å². The predicted molar refractivity (Wildman–Crippen MR) is 49.6 cm³/mol. The van der Waals surface area contributed by atoms with E-state index in [1.807, 2.05) is 30.3 Å². The van der Waals surface area contributed by atoms with Crippen molar-refractivity contribution in [2.45, 2.75) is 0 Å². The molecular formula is C11H9NaO2. The number of hydrogen-bond donors (Lipinski definition) is 0. The van der Waals surface area contributed by atoms with Crippen molar-refractivity contribution in [2.75, 3.05) is 0 Å². The fourth-order valence-electron chi connectivity index (χ4n) is 0.829. The second kappa shape index (κ2) is 6.60. The molecule has 0 N–H and O–H groups in total. The summed E-state index contributed by atoms with van der Waals surface area (Å²) in [6.45, 7) is 3.32. The van der Waals surface area contributed by atoms with Gasteiger partial charge in [0.05, 0.1) is 5.97 Å². The van der Waals surface area contributed by atoms with E-state index in [2.05, 4.69) is 6.58 Å². The smallest absolute Gasteiger partial charge is 0.545 e. The van der Waals surface area contributed by atoms with Gasteiger partial charge in [0.15, 0.2) is 0 Å². The molecule has 0 unspecified atom stereocenters. The molecule has 1 aromatic carbocycles. The third-order valence-electron chi connectivity index (χ3n) is 1.54. The minimum absolute atomic E-state index is 0. The topological polar surface area (TPSA) is 40.1 Å². The van der Waals surface area contributed by atoms with E-state index in [1.54, 1.807) is 6.08 Å². The van der Waals surface area contributed by atoms with Crippen LogP contribution >= 0.6 is 0 Å². The summed E-state index contributed by atoms with van der Waals surface area (Å²) in [7, 11) is 0. The summed E-state index contributed by atoms with van der Waals surface area (Å²) in [6.07, 6.45) is 3.10. The average molecular weight is 196 g/mol. The standard InChI is InChI=1S/C11H10O2.Na/c1-9(11(12)13)7-8-10-5-3-2-4-6-10;/h2-8H,1H2,(H,12,13);/q;+1/p-1. The molecule has 0 fully saturated rings. The Hall–Kier alpha value is -0.830. The molecule has 0 saturated carbocycles. The Balaban J connectivity index is 0.00000169. The van der Waals surface area contributed by atoms with Gasteiger partial charge in [0.2, 0.25) is 0 Å². The second-order valence-electron chi connectivity index (χ2n) is 2.56. The van der Waals surface area contributed by atoms with Gasteiger partial charge in [-0.25, -0.2) is 0 Å². The third-order valence-corrected chi connectivity index (χ3v) is 1.54. The predicted octanol–water partition coefficient (Wildman–Crippen LogP) is -1.99. The summed E-state index contributed by atoms with van der Waals surface area (Å²) in [5.74, 6) is -1.24. The van der Waals surface area contributed by atoms with Crippen molar-refractivity contribution in [1.29, 1.82) is 0 Å². The van der Waals surface area contributed by atoms with Gasteiger partial charge in [-0.3, -0.25) is 0 Å². The van der Waals surface area contributed by atoms with E-state index in [1.165, 1.54) is 6.08 Å². The van der Waals surface area contributed by atoms with Crippen molar-refractivity contribution in [2.24, 2.45) is 0 Å². The van der Waals surface area contributed by atoms with Crippen molar-refractivity contribution in [1.82, 2.24) is 0 Å². The molecule has 14 heavy (non-hydrogen) atoms. The number of carbonyl (C=O) groups excluding carboxylic acids is 1. The van der Waals surface area contributed by atoms with E-state index < -0.39 is 5.97 Å². The molecule has 0 aliphatic rings. The molecule has 0 radical (unpaired) electrons. The average Bonchev–Trinajstić information content (AvgIpc) is 2.15. The Morgan fingerprint density at radius 2 is 1.86 bits per heavy atom. The molecule has 2 nitrogen and oxygen atoms in total. The molecule has 0 bridgehead atoms. The first-order chi connectivity index (χ1) is 6.20. The van der Waals surface area contributed by atoms with E-state index in [0.29, 0.717) is 0 Å². The molecule has 0 spiro atoms. The van der Waals surface area contributed by atoms with Gasteiger partial charge in [-0.05, 0) is 11.1 Å². The van der Waals surface area contributed by atoms with Crippen LogP contribution in [0.15, 0.2) is 48.6 Å². The van der Waals surface area contributed by atoms with Crippen molar-refractivity contribution in [3.05, 3.63) is 54.1 Å². The number of hydrogen-bond acceptors (Lipinski definition) is 2. The number of carboxylic acid groups (broad SMARTS) is 1. The van der Waals surface area contributed by atoms with Crippen molar-refractivity contribution in [3.63, 3.8) is 0 Å². The molecule has 0 amide bonds. The maximum Gasteiger partial charge on any atom is 1.00 e. The first-order valence-electron chi connectivity index (χ1n) is 3.83. The SMILES string of the molecule is C=C(C=Cc1ccccc1)C(=O)[O-].[Na+]. The third kappa shape index (κ3) is 4.42. The van der Waals surface area contributed by atoms with Crippen molar-refractivity contribution >= 4 is 12.0 Å². The van der Waals surface area contributed by atoms with E-state index in [9.17, 15) is 9.90 Å². The van der Waals surface area contributed by atoms with Gasteiger partial charge < -0.3 is 9.90 Å². The molecule has 0 atom stereocenters. The summed E-state index contributed by atoms with van der Waals surface area (Å²) in [6, 6.07) is 9.39. The van der Waals surface area contributed by atoms with E-state index in [4.69, 9.17) is 0 Å². The molecule has 0 saturated heterocycles. The largest absolute Gasteiger partial charge is 1.00 e. The normalized spacial score (nSPS) is 9.43. The van der Waals surface area contributed by atoms with Gasteiger partial charge in [-0.15, -0.1) is 0 Å². The number of rotatable bonds is 3. The number of benzene rings is 1. The minimum atomic E-state index is -1.24. The summed E-state index contributed by atoms with van der Waals surface area (Å²) >= 11 is 0. The molecule has 66 valence electrons. The van der Waals surface area contributed by atoms with E-state index in [0.717, 1.165) is 5.56 Å². The van der Waals surface area contributed by atoms with Crippen LogP contribution in [0.25, 0.3) is 6.08 Å². The Labute approximate surface area is 105 Å².